The second kappa shape index (κ2) is 6.42. The average Bonchev–Trinajstić information content (AvgIpc) is 3.09. The molecule has 3 aromatic heterocycles. The summed E-state index contributed by atoms with van der Waals surface area (Å²) < 4.78 is 1.60. The van der Waals surface area contributed by atoms with Gasteiger partial charge in [-0.1, -0.05) is 52.1 Å². The van der Waals surface area contributed by atoms with Crippen molar-refractivity contribution >= 4 is 57.4 Å². The lowest BCUT2D eigenvalue weighted by atomic mass is 10.0. The fourth-order valence-electron chi connectivity index (χ4n) is 4.56. The molecule has 0 saturated carbocycles. The zero-order valence-electron chi connectivity index (χ0n) is 19.6. The number of fused-ring (bicyclic) bond motifs is 4. The standard InChI is InChI=1S/C25H28N4O2Si/c1-25(2,3)32(6,7)29-23(30)16-12-15-14-10-8-9-11-17(14)27-21(15)22-19(16)20(24(29)31)18(13-26-22)28(4)5/h8-13,26H,1-7H3. The van der Waals surface area contributed by atoms with Crippen LogP contribution < -0.4 is 16.0 Å². The van der Waals surface area contributed by atoms with Gasteiger partial charge in [-0.05, 0) is 17.2 Å². The maximum atomic E-state index is 14.0. The van der Waals surface area contributed by atoms with Gasteiger partial charge >= 0.3 is 0 Å². The molecule has 2 aromatic carbocycles. The Hall–Kier alpha value is -3.19. The number of hydrogen-bond acceptors (Lipinski definition) is 4. The largest absolute Gasteiger partial charge is 0.376 e. The summed E-state index contributed by atoms with van der Waals surface area (Å²) in [5, 5.41) is 3.60. The summed E-state index contributed by atoms with van der Waals surface area (Å²) in [5.41, 5.74) is 2.79. The van der Waals surface area contributed by atoms with E-state index in [-0.39, 0.29) is 16.2 Å². The molecule has 164 valence electrons. The van der Waals surface area contributed by atoms with Crippen LogP contribution in [0.3, 0.4) is 0 Å². The molecule has 0 amide bonds. The van der Waals surface area contributed by atoms with Crippen molar-refractivity contribution in [2.24, 2.45) is 0 Å². The number of benzene rings is 2. The number of nitrogens with one attached hydrogen (secondary N) is 1. The third-order valence-corrected chi connectivity index (χ3v) is 12.5. The quantitative estimate of drug-likeness (QED) is 0.393. The Balaban J connectivity index is 2.13. The van der Waals surface area contributed by atoms with Gasteiger partial charge in [-0.3, -0.25) is 9.59 Å². The number of H-pyrrole nitrogens is 1. The predicted molar refractivity (Wildman–Crippen MR) is 137 cm³/mol. The SMILES string of the molecule is CN(C)c1c[nH]c2c3nc4ccccc4c3cc3c(=O)n([Si](C)(C)C(C)(C)C)c(=O)c1c32. The molecule has 6 nitrogen and oxygen atoms in total. The number of rotatable bonds is 2. The molecule has 32 heavy (non-hydrogen) atoms. The van der Waals surface area contributed by atoms with E-state index in [1.165, 1.54) is 0 Å². The molecular weight excluding hydrogens is 416 g/mol. The third-order valence-electron chi connectivity index (χ3n) is 7.31. The molecule has 3 heterocycles. The number of anilines is 1. The van der Waals surface area contributed by atoms with Gasteiger partial charge in [0.2, 0.25) is 0 Å². The minimum absolute atomic E-state index is 0.174. The van der Waals surface area contributed by atoms with Crippen molar-refractivity contribution in [2.45, 2.75) is 38.9 Å². The fraction of sp³-hybridized carbons (Fsp3) is 0.320. The lowest BCUT2D eigenvalue weighted by Crippen LogP contribution is -2.56. The molecular formula is C25H28N4O2Si. The fourth-order valence-corrected chi connectivity index (χ4v) is 6.48. The highest BCUT2D eigenvalue weighted by atomic mass is 28.3. The molecule has 1 N–H and O–H groups in total. The number of aromatic nitrogens is 3. The van der Waals surface area contributed by atoms with Crippen molar-refractivity contribution in [3.8, 4) is 0 Å². The normalized spacial score (nSPS) is 13.1. The summed E-state index contributed by atoms with van der Waals surface area (Å²) in [5.74, 6) is 0. The van der Waals surface area contributed by atoms with E-state index in [1.54, 1.807) is 4.23 Å². The van der Waals surface area contributed by atoms with E-state index < -0.39 is 8.24 Å². The smallest absolute Gasteiger partial charge is 0.255 e. The van der Waals surface area contributed by atoms with Crippen LogP contribution in [-0.2, 0) is 0 Å². The van der Waals surface area contributed by atoms with Gasteiger partial charge in [-0.25, -0.2) is 4.98 Å². The lowest BCUT2D eigenvalue weighted by Gasteiger charge is -2.37. The Labute approximate surface area is 186 Å². The zero-order valence-corrected chi connectivity index (χ0v) is 20.6. The van der Waals surface area contributed by atoms with Gasteiger partial charge in [0.1, 0.15) is 0 Å². The van der Waals surface area contributed by atoms with Crippen molar-refractivity contribution < 1.29 is 0 Å². The summed E-state index contributed by atoms with van der Waals surface area (Å²) in [6.07, 6.45) is 1.86. The van der Waals surface area contributed by atoms with E-state index in [0.717, 1.165) is 33.0 Å². The van der Waals surface area contributed by atoms with Crippen molar-refractivity contribution in [2.75, 3.05) is 19.0 Å². The van der Waals surface area contributed by atoms with Crippen LogP contribution in [0.1, 0.15) is 20.8 Å². The van der Waals surface area contributed by atoms with E-state index in [0.29, 0.717) is 16.2 Å². The van der Waals surface area contributed by atoms with Gasteiger partial charge in [-0.2, -0.15) is 0 Å². The highest BCUT2D eigenvalue weighted by Gasteiger charge is 2.41. The van der Waals surface area contributed by atoms with Gasteiger partial charge in [0, 0.05) is 36.5 Å². The van der Waals surface area contributed by atoms with Crippen LogP contribution in [0.5, 0.6) is 0 Å². The highest BCUT2D eigenvalue weighted by molar-refractivity contribution is 6.78. The van der Waals surface area contributed by atoms with Gasteiger partial charge < -0.3 is 14.1 Å². The molecule has 0 unspecified atom stereocenters. The van der Waals surface area contributed by atoms with Crippen molar-refractivity contribution in [1.29, 1.82) is 0 Å². The molecule has 5 rings (SSSR count). The Morgan fingerprint density at radius 2 is 1.66 bits per heavy atom. The topological polar surface area (TPSA) is 71.0 Å². The summed E-state index contributed by atoms with van der Waals surface area (Å²) >= 11 is 0. The molecule has 0 fully saturated rings. The number of nitrogens with zero attached hydrogens (tertiary/aromatic N) is 3. The second-order valence-electron chi connectivity index (χ2n) is 10.4. The lowest BCUT2D eigenvalue weighted by molar-refractivity contribution is 0.692. The number of para-hydroxylation sites is 1. The first-order valence-electron chi connectivity index (χ1n) is 10.9. The molecule has 0 radical (unpaired) electrons. The first-order chi connectivity index (χ1) is 14.9. The first-order valence-corrected chi connectivity index (χ1v) is 13.8. The average molecular weight is 445 g/mol. The monoisotopic (exact) mass is 444 g/mol. The summed E-state index contributed by atoms with van der Waals surface area (Å²) in [7, 11) is 1.34. The maximum Gasteiger partial charge on any atom is 0.255 e. The summed E-state index contributed by atoms with van der Waals surface area (Å²) in [6.45, 7) is 10.6. The number of pyridine rings is 2. The number of aromatic amines is 1. The van der Waals surface area contributed by atoms with E-state index in [2.05, 4.69) is 38.8 Å². The third kappa shape index (κ3) is 2.54. The molecule has 0 atom stereocenters. The van der Waals surface area contributed by atoms with Crippen LogP contribution in [0.15, 0.2) is 46.1 Å². The molecule has 7 heteroatoms. The van der Waals surface area contributed by atoms with Crippen LogP contribution in [0, 0.1) is 0 Å². The molecule has 0 aliphatic heterocycles. The minimum atomic E-state index is -2.49. The molecule has 0 saturated heterocycles. The van der Waals surface area contributed by atoms with E-state index in [9.17, 15) is 9.59 Å². The zero-order chi connectivity index (χ0) is 23.2. The van der Waals surface area contributed by atoms with Crippen LogP contribution in [0.2, 0.25) is 18.1 Å². The van der Waals surface area contributed by atoms with Crippen LogP contribution >= 0.6 is 0 Å². The van der Waals surface area contributed by atoms with Gasteiger partial charge in [0.25, 0.3) is 11.1 Å². The Kier molecular flexibility index (Phi) is 4.15. The molecule has 0 spiro atoms. The Morgan fingerprint density at radius 1 is 0.969 bits per heavy atom. The maximum absolute atomic E-state index is 14.0. The first kappa shape index (κ1) is 20.7. The Bertz CT molecular complexity index is 1660. The number of hydrogen-bond donors (Lipinski definition) is 1. The van der Waals surface area contributed by atoms with Crippen molar-refractivity contribution in [3.05, 3.63) is 57.2 Å². The Morgan fingerprint density at radius 3 is 2.31 bits per heavy atom. The van der Waals surface area contributed by atoms with Crippen molar-refractivity contribution in [3.63, 3.8) is 0 Å². The highest BCUT2D eigenvalue weighted by Crippen LogP contribution is 2.39. The molecule has 0 bridgehead atoms. The second-order valence-corrected chi connectivity index (χ2v) is 15.5. The molecule has 0 aliphatic rings. The minimum Gasteiger partial charge on any atom is -0.376 e. The van der Waals surface area contributed by atoms with Crippen LogP contribution in [0.25, 0.3) is 43.5 Å². The molecule has 0 aliphatic carbocycles. The van der Waals surface area contributed by atoms with E-state index in [4.69, 9.17) is 4.98 Å². The van der Waals surface area contributed by atoms with Gasteiger partial charge in [-0.15, -0.1) is 0 Å². The van der Waals surface area contributed by atoms with Gasteiger partial charge in [0.05, 0.1) is 33.0 Å². The van der Waals surface area contributed by atoms with Crippen LogP contribution in [-0.4, -0.2) is 36.5 Å². The van der Waals surface area contributed by atoms with Crippen LogP contribution in [0.4, 0.5) is 5.69 Å². The predicted octanol–water partition coefficient (Wildman–Crippen LogP) is 4.90. The molecule has 5 aromatic rings. The van der Waals surface area contributed by atoms with Gasteiger partial charge in [0.15, 0.2) is 8.24 Å². The summed E-state index contributed by atoms with van der Waals surface area (Å²) in [6, 6.07) is 9.89. The van der Waals surface area contributed by atoms with E-state index in [1.807, 2.05) is 55.5 Å². The summed E-state index contributed by atoms with van der Waals surface area (Å²) in [4.78, 5) is 38.1. The van der Waals surface area contributed by atoms with Crippen molar-refractivity contribution in [1.82, 2.24) is 14.2 Å². The van der Waals surface area contributed by atoms with E-state index >= 15 is 0 Å².